The molecule has 3 nitrogen and oxygen atoms in total. The highest BCUT2D eigenvalue weighted by Gasteiger charge is 1.94. The van der Waals surface area contributed by atoms with Crippen molar-refractivity contribution < 1.29 is 0 Å². The van der Waals surface area contributed by atoms with Crippen LogP contribution in [0, 0.1) is 0 Å². The van der Waals surface area contributed by atoms with Crippen LogP contribution in [0.4, 0.5) is 0 Å². The third-order valence-electron chi connectivity index (χ3n) is 1.85. The largest absolute Gasteiger partial charge is 0.386 e. The molecule has 0 fully saturated rings. The molecule has 0 spiro atoms. The normalized spacial score (nSPS) is 13.9. The molecule has 0 aromatic heterocycles. The van der Waals surface area contributed by atoms with Crippen LogP contribution in [-0.2, 0) is 0 Å². The van der Waals surface area contributed by atoms with Crippen molar-refractivity contribution in [1.29, 1.82) is 0 Å². The Kier molecular flexibility index (Phi) is 7.05. The van der Waals surface area contributed by atoms with E-state index in [4.69, 9.17) is 0 Å². The molecule has 0 aliphatic rings. The van der Waals surface area contributed by atoms with Crippen molar-refractivity contribution in [3.8, 4) is 0 Å². The van der Waals surface area contributed by atoms with E-state index < -0.39 is 0 Å². The summed E-state index contributed by atoms with van der Waals surface area (Å²) in [5.74, 6) is 0. The molecule has 0 atom stereocenters. The molecule has 0 aliphatic carbocycles. The van der Waals surface area contributed by atoms with E-state index in [1.165, 1.54) is 5.70 Å². The van der Waals surface area contributed by atoms with Crippen LogP contribution in [0.2, 0.25) is 0 Å². The lowest BCUT2D eigenvalue weighted by Gasteiger charge is -2.10. The predicted molar refractivity (Wildman–Crippen MR) is 68.6 cm³/mol. The molecule has 88 valence electrons. The predicted octanol–water partition coefficient (Wildman–Crippen LogP) is 1.91. The third-order valence-corrected chi connectivity index (χ3v) is 1.85. The van der Waals surface area contributed by atoms with Gasteiger partial charge in [0.05, 0.1) is 6.54 Å². The van der Waals surface area contributed by atoms with Crippen molar-refractivity contribution in [2.75, 3.05) is 27.2 Å². The summed E-state index contributed by atoms with van der Waals surface area (Å²) in [4.78, 5) is 6.61. The zero-order valence-corrected chi connectivity index (χ0v) is 11.0. The smallest absolute Gasteiger partial charge is 0.0519 e. The van der Waals surface area contributed by atoms with Crippen molar-refractivity contribution in [3.05, 3.63) is 11.8 Å². The van der Waals surface area contributed by atoms with Crippen molar-refractivity contribution in [2.45, 2.75) is 33.7 Å². The highest BCUT2D eigenvalue weighted by molar-refractivity contribution is 5.93. The van der Waals surface area contributed by atoms with Crippen LogP contribution in [0.1, 0.15) is 27.7 Å². The van der Waals surface area contributed by atoms with Gasteiger partial charge in [-0.15, -0.1) is 0 Å². The lowest BCUT2D eigenvalue weighted by molar-refractivity contribution is 0.420. The second kappa shape index (κ2) is 7.46. The number of hydrogen-bond donors (Lipinski definition) is 1. The second-order valence-electron chi connectivity index (χ2n) is 4.45. The third kappa shape index (κ3) is 9.47. The molecule has 3 heteroatoms. The van der Waals surface area contributed by atoms with Crippen LogP contribution in [0.3, 0.4) is 0 Å². The summed E-state index contributed by atoms with van der Waals surface area (Å²) in [6.45, 7) is 10.3. The molecule has 0 radical (unpaired) electrons. The van der Waals surface area contributed by atoms with E-state index in [1.807, 2.05) is 6.92 Å². The SMILES string of the molecule is CC(=CC(C)=NCCN(C)C)NC(C)C. The van der Waals surface area contributed by atoms with Gasteiger partial charge in [-0.3, -0.25) is 4.99 Å². The van der Waals surface area contributed by atoms with Gasteiger partial charge in [-0.1, -0.05) is 0 Å². The Morgan fingerprint density at radius 2 is 1.93 bits per heavy atom. The Hall–Kier alpha value is -0.830. The molecular formula is C12H25N3. The number of rotatable bonds is 6. The minimum Gasteiger partial charge on any atom is -0.386 e. The molecule has 0 bridgehead atoms. The van der Waals surface area contributed by atoms with E-state index in [0.29, 0.717) is 6.04 Å². The molecule has 0 aromatic rings. The van der Waals surface area contributed by atoms with E-state index in [2.05, 4.69) is 56.2 Å². The van der Waals surface area contributed by atoms with Crippen LogP contribution in [0.5, 0.6) is 0 Å². The fourth-order valence-electron chi connectivity index (χ4n) is 1.28. The summed E-state index contributed by atoms with van der Waals surface area (Å²) in [6, 6.07) is 0.482. The quantitative estimate of drug-likeness (QED) is 0.680. The first kappa shape index (κ1) is 14.2. The number of nitrogens with one attached hydrogen (secondary N) is 1. The number of allylic oxidation sites excluding steroid dienone is 2. The first-order chi connectivity index (χ1) is 6.91. The van der Waals surface area contributed by atoms with Gasteiger partial charge in [0.2, 0.25) is 0 Å². The summed E-state index contributed by atoms with van der Waals surface area (Å²) in [6.07, 6.45) is 2.09. The highest BCUT2D eigenvalue weighted by atomic mass is 15.1. The summed E-state index contributed by atoms with van der Waals surface area (Å²) in [5, 5.41) is 3.34. The maximum Gasteiger partial charge on any atom is 0.0519 e. The number of aliphatic imine (C=N–C) groups is 1. The first-order valence-electron chi connectivity index (χ1n) is 5.52. The van der Waals surface area contributed by atoms with Crippen molar-refractivity contribution in [1.82, 2.24) is 10.2 Å². The van der Waals surface area contributed by atoms with Gasteiger partial charge >= 0.3 is 0 Å². The van der Waals surface area contributed by atoms with E-state index in [-0.39, 0.29) is 0 Å². The van der Waals surface area contributed by atoms with Gasteiger partial charge in [-0.25, -0.2) is 0 Å². The molecule has 0 heterocycles. The summed E-state index contributed by atoms with van der Waals surface area (Å²) in [7, 11) is 4.12. The monoisotopic (exact) mass is 211 g/mol. The molecule has 0 unspecified atom stereocenters. The number of nitrogens with zero attached hydrogens (tertiary/aromatic N) is 2. The Morgan fingerprint density at radius 3 is 2.40 bits per heavy atom. The Labute approximate surface area is 94.3 Å². The summed E-state index contributed by atoms with van der Waals surface area (Å²) >= 11 is 0. The highest BCUT2D eigenvalue weighted by Crippen LogP contribution is 1.92. The Morgan fingerprint density at radius 1 is 1.33 bits per heavy atom. The molecule has 0 aromatic carbocycles. The molecule has 0 rings (SSSR count). The standard InChI is InChI=1S/C12H25N3/c1-10(2)14-12(4)9-11(3)13-7-8-15(5)6/h9-10,14H,7-8H2,1-6H3. The van der Waals surface area contributed by atoms with Gasteiger partial charge in [-0.05, 0) is 47.9 Å². The van der Waals surface area contributed by atoms with E-state index in [1.54, 1.807) is 0 Å². The Bertz CT molecular complexity index is 227. The van der Waals surface area contributed by atoms with Gasteiger partial charge in [0.1, 0.15) is 0 Å². The number of likely N-dealkylation sites (N-methyl/N-ethyl adjacent to an activating group) is 1. The summed E-state index contributed by atoms with van der Waals surface area (Å²) < 4.78 is 0. The maximum atomic E-state index is 4.47. The van der Waals surface area contributed by atoms with Crippen LogP contribution in [0.25, 0.3) is 0 Å². The Balaban J connectivity index is 4.03. The van der Waals surface area contributed by atoms with E-state index >= 15 is 0 Å². The van der Waals surface area contributed by atoms with Crippen molar-refractivity contribution in [3.63, 3.8) is 0 Å². The molecule has 1 N–H and O–H groups in total. The fourth-order valence-corrected chi connectivity index (χ4v) is 1.28. The fraction of sp³-hybridized carbons (Fsp3) is 0.750. The topological polar surface area (TPSA) is 27.6 Å². The molecule has 0 saturated carbocycles. The maximum absolute atomic E-state index is 4.47. The molecule has 0 saturated heterocycles. The molecular weight excluding hydrogens is 186 g/mol. The van der Waals surface area contributed by atoms with Gasteiger partial charge in [0.15, 0.2) is 0 Å². The molecule has 0 amide bonds. The molecule has 15 heavy (non-hydrogen) atoms. The van der Waals surface area contributed by atoms with Crippen LogP contribution < -0.4 is 5.32 Å². The average Bonchev–Trinajstić information content (AvgIpc) is 2.00. The first-order valence-corrected chi connectivity index (χ1v) is 5.52. The minimum absolute atomic E-state index is 0.482. The van der Waals surface area contributed by atoms with Crippen LogP contribution in [0.15, 0.2) is 16.8 Å². The van der Waals surface area contributed by atoms with Gasteiger partial charge in [0.25, 0.3) is 0 Å². The van der Waals surface area contributed by atoms with Crippen molar-refractivity contribution in [2.24, 2.45) is 4.99 Å². The zero-order valence-electron chi connectivity index (χ0n) is 11.0. The van der Waals surface area contributed by atoms with E-state index in [9.17, 15) is 0 Å². The number of hydrogen-bond acceptors (Lipinski definition) is 3. The second-order valence-corrected chi connectivity index (χ2v) is 4.45. The van der Waals surface area contributed by atoms with Gasteiger partial charge in [-0.2, -0.15) is 0 Å². The average molecular weight is 211 g/mol. The minimum atomic E-state index is 0.482. The molecule has 0 aliphatic heterocycles. The van der Waals surface area contributed by atoms with Crippen molar-refractivity contribution >= 4 is 5.71 Å². The van der Waals surface area contributed by atoms with E-state index in [0.717, 1.165) is 18.8 Å². The zero-order chi connectivity index (χ0) is 11.8. The lowest BCUT2D eigenvalue weighted by atomic mass is 10.3. The lowest BCUT2D eigenvalue weighted by Crippen LogP contribution is -2.21. The van der Waals surface area contributed by atoms with Crippen LogP contribution in [-0.4, -0.2) is 43.8 Å². The summed E-state index contributed by atoms with van der Waals surface area (Å²) in [5.41, 5.74) is 2.26. The van der Waals surface area contributed by atoms with Gasteiger partial charge in [0, 0.05) is 24.0 Å². The van der Waals surface area contributed by atoms with Crippen LogP contribution >= 0.6 is 0 Å². The van der Waals surface area contributed by atoms with Gasteiger partial charge < -0.3 is 10.2 Å².